The highest BCUT2D eigenvalue weighted by atomic mass is 32.2. The molecule has 3 aromatic rings. The summed E-state index contributed by atoms with van der Waals surface area (Å²) in [5, 5.41) is 1.07. The summed E-state index contributed by atoms with van der Waals surface area (Å²) in [7, 11) is -1.38. The van der Waals surface area contributed by atoms with Crippen LogP contribution in [-0.4, -0.2) is 37.4 Å². The molecule has 5 heteroatoms. The van der Waals surface area contributed by atoms with E-state index in [4.69, 9.17) is 0 Å². The normalized spacial score (nSPS) is 22.0. The molecule has 122 valence electrons. The Kier molecular flexibility index (Phi) is 2.80. The Labute approximate surface area is 141 Å². The Bertz CT molecular complexity index is 1080. The lowest BCUT2D eigenvalue weighted by molar-refractivity contribution is 0.412. The predicted octanol–water partition coefficient (Wildman–Crippen LogP) is 3.28. The topological polar surface area (TPSA) is 42.3 Å². The van der Waals surface area contributed by atoms with Crippen LogP contribution in [0.3, 0.4) is 0 Å². The summed E-state index contributed by atoms with van der Waals surface area (Å²) in [5.41, 5.74) is 3.72. The van der Waals surface area contributed by atoms with E-state index in [9.17, 15) is 8.42 Å². The van der Waals surface area contributed by atoms with Gasteiger partial charge in [-0.05, 0) is 37.7 Å². The van der Waals surface area contributed by atoms with Gasteiger partial charge >= 0.3 is 0 Å². The fraction of sp³-hybridized carbons (Fsp3) is 0.263. The Morgan fingerprint density at radius 2 is 1.79 bits per heavy atom. The maximum Gasteiger partial charge on any atom is 0.269 e. The van der Waals surface area contributed by atoms with E-state index in [2.05, 4.69) is 18.0 Å². The first-order valence-electron chi connectivity index (χ1n) is 8.26. The van der Waals surface area contributed by atoms with Gasteiger partial charge in [-0.15, -0.1) is 0 Å². The van der Waals surface area contributed by atoms with Crippen LogP contribution in [0.25, 0.3) is 22.2 Å². The summed E-state index contributed by atoms with van der Waals surface area (Å²) in [4.78, 5) is 2.75. The predicted molar refractivity (Wildman–Crippen MR) is 94.8 cm³/mol. The quantitative estimate of drug-likeness (QED) is 0.535. The van der Waals surface area contributed by atoms with Crippen molar-refractivity contribution in [3.63, 3.8) is 0 Å². The molecule has 1 aromatic heterocycles. The van der Waals surface area contributed by atoms with E-state index < -0.39 is 10.0 Å². The van der Waals surface area contributed by atoms with Crippen LogP contribution in [0.15, 0.2) is 53.4 Å². The van der Waals surface area contributed by atoms with E-state index in [0.717, 1.165) is 41.7 Å². The van der Waals surface area contributed by atoms with E-state index >= 15 is 0 Å². The van der Waals surface area contributed by atoms with E-state index in [1.165, 1.54) is 5.56 Å². The molecule has 2 aliphatic heterocycles. The van der Waals surface area contributed by atoms with Gasteiger partial charge in [0.25, 0.3) is 10.0 Å². The van der Waals surface area contributed by atoms with Gasteiger partial charge in [0.2, 0.25) is 0 Å². The van der Waals surface area contributed by atoms with Gasteiger partial charge in [-0.1, -0.05) is 36.4 Å². The van der Waals surface area contributed by atoms with Gasteiger partial charge in [0.05, 0.1) is 16.1 Å². The highest BCUT2D eigenvalue weighted by Gasteiger charge is 2.39. The van der Waals surface area contributed by atoms with Crippen molar-refractivity contribution in [2.24, 2.45) is 0 Å². The fourth-order valence-corrected chi connectivity index (χ4v) is 6.05. The summed E-state index contributed by atoms with van der Waals surface area (Å²) in [6.45, 7) is 2.03. The summed E-state index contributed by atoms with van der Waals surface area (Å²) >= 11 is 0. The number of para-hydroxylation sites is 1. The number of likely N-dealkylation sites (tertiary alicyclic amines) is 1. The molecule has 24 heavy (non-hydrogen) atoms. The molecule has 1 saturated heterocycles. The molecule has 1 atom stereocenters. The third-order valence-electron chi connectivity index (χ3n) is 5.33. The molecule has 0 bridgehead atoms. The lowest BCUT2D eigenvalue weighted by atomic mass is 9.92. The Morgan fingerprint density at radius 1 is 1.04 bits per heavy atom. The average molecular weight is 338 g/mol. The maximum atomic E-state index is 13.1. The van der Waals surface area contributed by atoms with Gasteiger partial charge < -0.3 is 4.90 Å². The summed E-state index contributed by atoms with van der Waals surface area (Å²) in [5.74, 6) is 0.373. The van der Waals surface area contributed by atoms with Gasteiger partial charge in [-0.25, -0.2) is 12.4 Å². The average Bonchev–Trinajstić information content (AvgIpc) is 3.21. The first-order valence-corrected chi connectivity index (χ1v) is 9.70. The molecule has 0 aliphatic carbocycles. The summed E-state index contributed by atoms with van der Waals surface area (Å²) < 4.78 is 27.8. The number of fused-ring (bicyclic) bond motifs is 5. The fourth-order valence-electron chi connectivity index (χ4n) is 4.31. The molecule has 3 heterocycles. The van der Waals surface area contributed by atoms with Crippen LogP contribution >= 0.6 is 0 Å². The second-order valence-electron chi connectivity index (χ2n) is 6.79. The van der Waals surface area contributed by atoms with Crippen molar-refractivity contribution in [3.8, 4) is 11.3 Å². The number of aromatic nitrogens is 1. The molecule has 2 aliphatic rings. The van der Waals surface area contributed by atoms with Crippen molar-refractivity contribution in [3.05, 3.63) is 54.1 Å². The molecule has 0 saturated carbocycles. The lowest BCUT2D eigenvalue weighted by Crippen LogP contribution is -2.13. The number of likely N-dealkylation sites (N-methyl/N-ethyl adjacent to an activating group) is 1. The van der Waals surface area contributed by atoms with Crippen molar-refractivity contribution in [2.75, 3.05) is 20.1 Å². The molecule has 0 radical (unpaired) electrons. The zero-order valence-electron chi connectivity index (χ0n) is 13.4. The zero-order valence-corrected chi connectivity index (χ0v) is 14.3. The van der Waals surface area contributed by atoms with Crippen LogP contribution in [0.5, 0.6) is 0 Å². The van der Waals surface area contributed by atoms with Crippen LogP contribution in [0.1, 0.15) is 17.9 Å². The molecule has 4 nitrogen and oxygen atoms in total. The number of benzene rings is 2. The lowest BCUT2D eigenvalue weighted by Gasteiger charge is -2.12. The monoisotopic (exact) mass is 338 g/mol. The minimum atomic E-state index is -3.51. The molecule has 5 rings (SSSR count). The van der Waals surface area contributed by atoms with Crippen LogP contribution in [-0.2, 0) is 10.0 Å². The van der Waals surface area contributed by atoms with Crippen LogP contribution in [0, 0.1) is 0 Å². The first kappa shape index (κ1) is 14.3. The third kappa shape index (κ3) is 1.69. The standard InChI is InChI=1S/C19H18N2O2S/c1-20-11-10-13(12-20)18-14-6-2-4-8-16(14)21-19(18)15-7-3-5-9-17(15)24(21,22)23/h2-9,13H,10-12H2,1H3/t13-/m0/s1. The van der Waals surface area contributed by atoms with E-state index in [1.807, 2.05) is 30.3 Å². The smallest absolute Gasteiger partial charge is 0.269 e. The number of hydrogen-bond acceptors (Lipinski definition) is 3. The Morgan fingerprint density at radius 3 is 2.58 bits per heavy atom. The van der Waals surface area contributed by atoms with Gasteiger partial charge in [0, 0.05) is 23.4 Å². The molecule has 0 amide bonds. The summed E-state index contributed by atoms with van der Waals surface area (Å²) in [6, 6.07) is 15.3. The van der Waals surface area contributed by atoms with Crippen LogP contribution in [0.2, 0.25) is 0 Å². The molecular weight excluding hydrogens is 320 g/mol. The van der Waals surface area contributed by atoms with Gasteiger partial charge in [0.15, 0.2) is 0 Å². The molecule has 1 fully saturated rings. The zero-order chi connectivity index (χ0) is 16.5. The second-order valence-corrected chi connectivity index (χ2v) is 8.55. The molecule has 2 aromatic carbocycles. The van der Waals surface area contributed by atoms with Gasteiger partial charge in [-0.3, -0.25) is 0 Å². The van der Waals surface area contributed by atoms with E-state index in [-0.39, 0.29) is 0 Å². The van der Waals surface area contributed by atoms with Crippen molar-refractivity contribution in [1.82, 2.24) is 8.87 Å². The van der Waals surface area contributed by atoms with Crippen LogP contribution in [0.4, 0.5) is 0 Å². The van der Waals surface area contributed by atoms with Crippen molar-refractivity contribution >= 4 is 20.9 Å². The van der Waals surface area contributed by atoms with Crippen molar-refractivity contribution in [1.29, 1.82) is 0 Å². The molecule has 0 unspecified atom stereocenters. The van der Waals surface area contributed by atoms with Crippen LogP contribution < -0.4 is 0 Å². The van der Waals surface area contributed by atoms with Gasteiger partial charge in [0.1, 0.15) is 0 Å². The SMILES string of the molecule is CN1CC[C@H](c2c3n(c4ccccc24)S(=O)(=O)c2ccccc2-3)C1. The minimum Gasteiger partial charge on any atom is -0.306 e. The molecule has 0 spiro atoms. The van der Waals surface area contributed by atoms with Gasteiger partial charge in [-0.2, -0.15) is 0 Å². The van der Waals surface area contributed by atoms with Crippen molar-refractivity contribution in [2.45, 2.75) is 17.2 Å². The highest BCUT2D eigenvalue weighted by Crippen LogP contribution is 2.48. The maximum absolute atomic E-state index is 13.1. The second kappa shape index (κ2) is 4.71. The number of rotatable bonds is 1. The van der Waals surface area contributed by atoms with E-state index in [0.29, 0.717) is 10.8 Å². The first-order chi connectivity index (χ1) is 11.6. The Hall–Kier alpha value is -2.11. The summed E-state index contributed by atoms with van der Waals surface area (Å²) in [6.07, 6.45) is 1.07. The molecular formula is C19H18N2O2S. The number of hydrogen-bond donors (Lipinski definition) is 0. The number of nitrogens with zero attached hydrogens (tertiary/aromatic N) is 2. The van der Waals surface area contributed by atoms with E-state index in [1.54, 1.807) is 16.1 Å². The molecule has 0 N–H and O–H groups in total. The minimum absolute atomic E-state index is 0.373. The Balaban J connectivity index is 1.93. The van der Waals surface area contributed by atoms with Crippen molar-refractivity contribution < 1.29 is 8.42 Å². The highest BCUT2D eigenvalue weighted by molar-refractivity contribution is 7.90. The largest absolute Gasteiger partial charge is 0.306 e. The third-order valence-corrected chi connectivity index (χ3v) is 7.10.